The van der Waals surface area contributed by atoms with Crippen molar-refractivity contribution in [2.45, 2.75) is 56.3 Å². The maximum atomic E-state index is 11.2. The van der Waals surface area contributed by atoms with Crippen molar-refractivity contribution >= 4 is 0 Å². The molecule has 1 fully saturated rings. The second-order valence-corrected chi connectivity index (χ2v) is 8.17. The van der Waals surface area contributed by atoms with Crippen molar-refractivity contribution in [1.29, 1.82) is 0 Å². The highest BCUT2D eigenvalue weighted by molar-refractivity contribution is 5.46. The summed E-state index contributed by atoms with van der Waals surface area (Å²) in [6, 6.07) is 14.5. The highest BCUT2D eigenvalue weighted by Crippen LogP contribution is 2.41. The Hall–Kier alpha value is -2.24. The Labute approximate surface area is 165 Å². The minimum atomic E-state index is -0.778. The zero-order valence-corrected chi connectivity index (χ0v) is 16.0. The van der Waals surface area contributed by atoms with E-state index in [0.29, 0.717) is 6.04 Å². The van der Waals surface area contributed by atoms with Gasteiger partial charge in [-0.05, 0) is 67.9 Å². The predicted molar refractivity (Wildman–Crippen MR) is 106 cm³/mol. The topological polar surface area (TPSA) is 60.0 Å². The summed E-state index contributed by atoms with van der Waals surface area (Å²) in [7, 11) is 0. The van der Waals surface area contributed by atoms with Gasteiger partial charge in [0.05, 0.1) is 5.60 Å². The molecule has 5 rings (SSSR count). The summed E-state index contributed by atoms with van der Waals surface area (Å²) in [5, 5.41) is 14.8. The van der Waals surface area contributed by atoms with Gasteiger partial charge in [-0.1, -0.05) is 24.3 Å². The van der Waals surface area contributed by atoms with E-state index >= 15 is 0 Å². The molecule has 0 bridgehead atoms. The first-order valence-corrected chi connectivity index (χ1v) is 10.3. The lowest BCUT2D eigenvalue weighted by atomic mass is 9.77. The monoisotopic (exact) mass is 381 g/mol. The van der Waals surface area contributed by atoms with Gasteiger partial charge in [0.15, 0.2) is 11.5 Å². The minimum Gasteiger partial charge on any atom is -0.489 e. The van der Waals surface area contributed by atoms with E-state index in [9.17, 15) is 5.11 Å². The number of aliphatic hydroxyl groups is 1. The molecule has 1 aliphatic carbocycles. The van der Waals surface area contributed by atoms with Crippen molar-refractivity contribution in [2.75, 3.05) is 13.3 Å². The first kappa shape index (κ1) is 17.8. The summed E-state index contributed by atoms with van der Waals surface area (Å²) in [4.78, 5) is 0. The number of ether oxygens (including phenoxy) is 3. The molecule has 0 spiro atoms. The third kappa shape index (κ3) is 3.45. The zero-order valence-electron chi connectivity index (χ0n) is 16.0. The number of benzene rings is 2. The highest BCUT2D eigenvalue weighted by atomic mass is 16.7. The van der Waals surface area contributed by atoms with Gasteiger partial charge in [-0.2, -0.15) is 0 Å². The van der Waals surface area contributed by atoms with E-state index in [1.807, 2.05) is 24.3 Å². The van der Waals surface area contributed by atoms with Gasteiger partial charge in [0.2, 0.25) is 6.79 Å². The van der Waals surface area contributed by atoms with Gasteiger partial charge in [-0.3, -0.25) is 0 Å². The molecule has 1 unspecified atom stereocenters. The largest absolute Gasteiger partial charge is 0.489 e. The van der Waals surface area contributed by atoms with Gasteiger partial charge in [0, 0.05) is 12.6 Å². The Morgan fingerprint density at radius 3 is 2.68 bits per heavy atom. The second kappa shape index (κ2) is 7.30. The van der Waals surface area contributed by atoms with Crippen LogP contribution in [0.15, 0.2) is 42.5 Å². The number of hydrogen-bond acceptors (Lipinski definition) is 5. The molecule has 0 amide bonds. The van der Waals surface area contributed by atoms with Crippen molar-refractivity contribution in [1.82, 2.24) is 5.32 Å². The summed E-state index contributed by atoms with van der Waals surface area (Å²) >= 11 is 0. The number of para-hydroxylation sites is 1. The summed E-state index contributed by atoms with van der Waals surface area (Å²) in [5.41, 5.74) is 1.46. The Morgan fingerprint density at radius 2 is 1.79 bits per heavy atom. The SMILES string of the molecule is O[C@]1(c2ccc3c(c2)OCO3)CC[C@@H](NCC2CCc3ccccc3O2)CC1. The number of hydrogen-bond donors (Lipinski definition) is 2. The molecular weight excluding hydrogens is 354 g/mol. The second-order valence-electron chi connectivity index (χ2n) is 8.17. The molecule has 0 saturated heterocycles. The van der Waals surface area contributed by atoms with E-state index in [1.54, 1.807) is 0 Å². The fourth-order valence-corrected chi connectivity index (χ4v) is 4.60. The van der Waals surface area contributed by atoms with Crippen LogP contribution in [0.5, 0.6) is 17.2 Å². The van der Waals surface area contributed by atoms with Crippen LogP contribution in [-0.2, 0) is 12.0 Å². The summed E-state index contributed by atoms with van der Waals surface area (Å²) < 4.78 is 17.0. The molecule has 148 valence electrons. The average molecular weight is 381 g/mol. The number of rotatable bonds is 4. The minimum absolute atomic E-state index is 0.226. The summed E-state index contributed by atoms with van der Waals surface area (Å²) in [5.74, 6) is 2.53. The van der Waals surface area contributed by atoms with Crippen LogP contribution in [0.25, 0.3) is 0 Å². The van der Waals surface area contributed by atoms with Gasteiger partial charge < -0.3 is 24.6 Å². The molecule has 2 heterocycles. The molecule has 5 heteroatoms. The highest BCUT2D eigenvalue weighted by Gasteiger charge is 2.36. The molecule has 2 N–H and O–H groups in total. The van der Waals surface area contributed by atoms with Crippen LogP contribution in [0.4, 0.5) is 0 Å². The molecule has 2 aromatic carbocycles. The molecule has 0 aromatic heterocycles. The molecule has 2 aliphatic heterocycles. The lowest BCUT2D eigenvalue weighted by Crippen LogP contribution is -2.44. The Balaban J connectivity index is 1.14. The third-order valence-corrected chi connectivity index (χ3v) is 6.36. The van der Waals surface area contributed by atoms with E-state index in [2.05, 4.69) is 23.5 Å². The molecule has 2 aromatic rings. The van der Waals surface area contributed by atoms with Gasteiger partial charge in [0.1, 0.15) is 11.9 Å². The standard InChI is InChI=1S/C23H27NO4/c25-23(17-6-8-21-22(13-17)27-15-26-21)11-9-18(10-12-23)24-14-19-7-5-16-3-1-2-4-20(16)28-19/h1-4,6,8,13,18-19,24-25H,5,7,9-12,14-15H2/t18-,19?,23-. The van der Waals surface area contributed by atoms with E-state index < -0.39 is 5.60 Å². The van der Waals surface area contributed by atoms with Crippen LogP contribution < -0.4 is 19.5 Å². The van der Waals surface area contributed by atoms with Crippen molar-refractivity contribution in [2.24, 2.45) is 0 Å². The van der Waals surface area contributed by atoms with Gasteiger partial charge in [-0.15, -0.1) is 0 Å². The van der Waals surface area contributed by atoms with Crippen LogP contribution in [0.1, 0.15) is 43.2 Å². The summed E-state index contributed by atoms with van der Waals surface area (Å²) in [6.45, 7) is 1.12. The van der Waals surface area contributed by atoms with Crippen LogP contribution in [0.2, 0.25) is 0 Å². The first-order chi connectivity index (χ1) is 13.7. The Morgan fingerprint density at radius 1 is 0.964 bits per heavy atom. The van der Waals surface area contributed by atoms with Gasteiger partial charge in [-0.25, -0.2) is 0 Å². The Bertz CT molecular complexity index is 844. The average Bonchev–Trinajstić information content (AvgIpc) is 3.21. The molecule has 0 radical (unpaired) electrons. The molecule has 5 nitrogen and oxygen atoms in total. The molecule has 3 aliphatic rings. The van der Waals surface area contributed by atoms with E-state index in [0.717, 1.165) is 67.9 Å². The van der Waals surface area contributed by atoms with E-state index in [-0.39, 0.29) is 12.9 Å². The van der Waals surface area contributed by atoms with Crippen molar-refractivity contribution < 1.29 is 19.3 Å². The lowest BCUT2D eigenvalue weighted by Gasteiger charge is -2.37. The number of aryl methyl sites for hydroxylation is 1. The first-order valence-electron chi connectivity index (χ1n) is 10.3. The third-order valence-electron chi connectivity index (χ3n) is 6.36. The number of nitrogens with one attached hydrogen (secondary N) is 1. The van der Waals surface area contributed by atoms with Crippen LogP contribution in [0, 0.1) is 0 Å². The van der Waals surface area contributed by atoms with Crippen molar-refractivity contribution in [3.8, 4) is 17.2 Å². The molecule has 28 heavy (non-hydrogen) atoms. The van der Waals surface area contributed by atoms with E-state index in [4.69, 9.17) is 14.2 Å². The quantitative estimate of drug-likeness (QED) is 0.849. The fraction of sp³-hybridized carbons (Fsp3) is 0.478. The normalized spacial score (nSPS) is 28.5. The smallest absolute Gasteiger partial charge is 0.231 e. The zero-order chi connectivity index (χ0) is 19.0. The predicted octanol–water partition coefficient (Wildman–Crippen LogP) is 3.53. The lowest BCUT2D eigenvalue weighted by molar-refractivity contribution is -0.00934. The van der Waals surface area contributed by atoms with Crippen molar-refractivity contribution in [3.05, 3.63) is 53.6 Å². The van der Waals surface area contributed by atoms with E-state index in [1.165, 1.54) is 5.56 Å². The van der Waals surface area contributed by atoms with Gasteiger partial charge >= 0.3 is 0 Å². The maximum Gasteiger partial charge on any atom is 0.231 e. The molecule has 1 atom stereocenters. The maximum absolute atomic E-state index is 11.2. The van der Waals surface area contributed by atoms with Crippen LogP contribution in [-0.4, -0.2) is 30.6 Å². The fourth-order valence-electron chi connectivity index (χ4n) is 4.60. The Kier molecular flexibility index (Phi) is 4.65. The van der Waals surface area contributed by atoms with Crippen LogP contribution >= 0.6 is 0 Å². The summed E-state index contributed by atoms with van der Waals surface area (Å²) in [6.07, 6.45) is 5.76. The van der Waals surface area contributed by atoms with Crippen molar-refractivity contribution in [3.63, 3.8) is 0 Å². The molecule has 1 saturated carbocycles. The van der Waals surface area contributed by atoms with Gasteiger partial charge in [0.25, 0.3) is 0 Å². The molecular formula is C23H27NO4. The van der Waals surface area contributed by atoms with Crippen LogP contribution in [0.3, 0.4) is 0 Å². The number of fused-ring (bicyclic) bond motifs is 2.